The van der Waals surface area contributed by atoms with E-state index in [-0.39, 0.29) is 18.0 Å². The summed E-state index contributed by atoms with van der Waals surface area (Å²) in [6, 6.07) is 18.6. The average molecular weight is 477 g/mol. The number of halogens is 2. The Morgan fingerprint density at radius 3 is 2.32 bits per heavy atom. The Bertz CT molecular complexity index is 1200. The Kier molecular flexibility index (Phi) is 7.38. The highest BCUT2D eigenvalue weighted by atomic mass is 35.5. The van der Waals surface area contributed by atoms with Crippen molar-refractivity contribution in [3.05, 3.63) is 93.5 Å². The lowest BCUT2D eigenvalue weighted by atomic mass is 10.2. The van der Waals surface area contributed by atoms with E-state index in [1.54, 1.807) is 61.5 Å². The number of aryl methyl sites for hydroxylation is 1. The third-order valence-corrected chi connectivity index (χ3v) is 7.22. The number of nitrogens with zero attached hydrogens (tertiary/aromatic N) is 1. The second-order valence-corrected chi connectivity index (χ2v) is 9.96. The number of benzene rings is 3. The van der Waals surface area contributed by atoms with Crippen LogP contribution in [0.3, 0.4) is 0 Å². The molecule has 0 aliphatic heterocycles. The van der Waals surface area contributed by atoms with Gasteiger partial charge in [-0.3, -0.25) is 4.79 Å². The number of anilines is 1. The largest absolute Gasteiger partial charge is 0.325 e. The molecule has 0 aromatic heterocycles. The first-order valence-corrected chi connectivity index (χ1v) is 11.7. The van der Waals surface area contributed by atoms with Crippen molar-refractivity contribution < 1.29 is 13.2 Å². The van der Waals surface area contributed by atoms with Crippen LogP contribution in [-0.2, 0) is 21.4 Å². The van der Waals surface area contributed by atoms with Gasteiger partial charge in [-0.1, -0.05) is 59.1 Å². The summed E-state index contributed by atoms with van der Waals surface area (Å²) in [6.45, 7) is 3.29. The van der Waals surface area contributed by atoms with E-state index in [9.17, 15) is 13.2 Å². The van der Waals surface area contributed by atoms with Gasteiger partial charge >= 0.3 is 0 Å². The molecule has 8 heteroatoms. The summed E-state index contributed by atoms with van der Waals surface area (Å²) >= 11 is 12.2. The fourth-order valence-electron chi connectivity index (χ4n) is 3.02. The van der Waals surface area contributed by atoms with E-state index in [4.69, 9.17) is 23.2 Å². The van der Waals surface area contributed by atoms with Crippen LogP contribution in [0.25, 0.3) is 0 Å². The van der Waals surface area contributed by atoms with Crippen molar-refractivity contribution in [2.45, 2.75) is 25.3 Å². The standard InChI is InChI=1S/C23H22Cl2N2O3S/c1-16-9-11-20(12-10-16)31(29,30)27(14-18-5-3-6-19(24)13-18)15-23(28)26-22-8-4-7-21(25)17(22)2/h3-13H,14-15H2,1-2H3,(H,26,28). The van der Waals surface area contributed by atoms with Crippen molar-refractivity contribution in [3.63, 3.8) is 0 Å². The van der Waals surface area contributed by atoms with Crippen LogP contribution in [0.2, 0.25) is 10.0 Å². The minimum absolute atomic E-state index is 0.00127. The Morgan fingerprint density at radius 1 is 0.968 bits per heavy atom. The topological polar surface area (TPSA) is 66.5 Å². The first-order chi connectivity index (χ1) is 14.7. The lowest BCUT2D eigenvalue weighted by Gasteiger charge is -2.22. The van der Waals surface area contributed by atoms with Crippen molar-refractivity contribution in [2.24, 2.45) is 0 Å². The third-order valence-electron chi connectivity index (χ3n) is 4.77. The summed E-state index contributed by atoms with van der Waals surface area (Å²) in [5.41, 5.74) is 2.86. The molecule has 31 heavy (non-hydrogen) atoms. The summed E-state index contributed by atoms with van der Waals surface area (Å²) in [5.74, 6) is -0.469. The summed E-state index contributed by atoms with van der Waals surface area (Å²) < 4.78 is 27.8. The number of carbonyl (C=O) groups is 1. The van der Waals surface area contributed by atoms with Gasteiger partial charge in [0.1, 0.15) is 0 Å². The van der Waals surface area contributed by atoms with E-state index < -0.39 is 15.9 Å². The normalized spacial score (nSPS) is 11.5. The van der Waals surface area contributed by atoms with Crippen molar-refractivity contribution in [3.8, 4) is 0 Å². The smallest absolute Gasteiger partial charge is 0.243 e. The van der Waals surface area contributed by atoms with E-state index in [1.807, 2.05) is 6.92 Å². The van der Waals surface area contributed by atoms with Crippen molar-refractivity contribution in [2.75, 3.05) is 11.9 Å². The maximum Gasteiger partial charge on any atom is 0.243 e. The SMILES string of the molecule is Cc1ccc(S(=O)(=O)N(CC(=O)Nc2cccc(Cl)c2C)Cc2cccc(Cl)c2)cc1. The van der Waals surface area contributed by atoms with Crippen LogP contribution in [0.4, 0.5) is 5.69 Å². The first-order valence-electron chi connectivity index (χ1n) is 9.53. The predicted octanol–water partition coefficient (Wildman–Crippen LogP) is 5.44. The second kappa shape index (κ2) is 9.83. The molecule has 0 radical (unpaired) electrons. The summed E-state index contributed by atoms with van der Waals surface area (Å²) in [6.07, 6.45) is 0. The fraction of sp³-hybridized carbons (Fsp3) is 0.174. The van der Waals surface area contributed by atoms with E-state index in [0.29, 0.717) is 26.9 Å². The molecule has 0 aliphatic rings. The molecule has 0 atom stereocenters. The molecule has 5 nitrogen and oxygen atoms in total. The van der Waals surface area contributed by atoms with E-state index in [1.165, 1.54) is 12.1 Å². The van der Waals surface area contributed by atoms with Crippen LogP contribution in [0, 0.1) is 13.8 Å². The van der Waals surface area contributed by atoms with Gasteiger partial charge in [-0.25, -0.2) is 8.42 Å². The highest BCUT2D eigenvalue weighted by Crippen LogP contribution is 2.24. The Hall–Kier alpha value is -2.38. The molecular formula is C23H22Cl2N2O3S. The van der Waals surface area contributed by atoms with Gasteiger partial charge in [-0.05, 0) is 61.4 Å². The maximum atomic E-state index is 13.3. The molecule has 0 saturated heterocycles. The summed E-state index contributed by atoms with van der Waals surface area (Å²) in [4.78, 5) is 12.9. The van der Waals surface area contributed by atoms with Crippen LogP contribution < -0.4 is 5.32 Å². The maximum absolute atomic E-state index is 13.3. The van der Waals surface area contributed by atoms with E-state index in [2.05, 4.69) is 5.32 Å². The van der Waals surface area contributed by atoms with Gasteiger partial charge in [0, 0.05) is 22.3 Å². The van der Waals surface area contributed by atoms with E-state index in [0.717, 1.165) is 9.87 Å². The Labute approximate surface area is 192 Å². The molecule has 1 amide bonds. The van der Waals surface area contributed by atoms with Gasteiger partial charge in [-0.2, -0.15) is 4.31 Å². The zero-order valence-corrected chi connectivity index (χ0v) is 19.4. The van der Waals surface area contributed by atoms with Crippen LogP contribution in [0.1, 0.15) is 16.7 Å². The first kappa shape index (κ1) is 23.3. The number of hydrogen-bond acceptors (Lipinski definition) is 3. The molecular weight excluding hydrogens is 455 g/mol. The van der Waals surface area contributed by atoms with Crippen molar-refractivity contribution >= 4 is 44.8 Å². The van der Waals surface area contributed by atoms with Gasteiger partial charge in [0.25, 0.3) is 0 Å². The molecule has 1 N–H and O–H groups in total. The molecule has 162 valence electrons. The van der Waals surface area contributed by atoms with Crippen LogP contribution >= 0.6 is 23.2 Å². The van der Waals surface area contributed by atoms with Crippen LogP contribution in [0.5, 0.6) is 0 Å². The van der Waals surface area contributed by atoms with Crippen molar-refractivity contribution in [1.82, 2.24) is 4.31 Å². The Morgan fingerprint density at radius 2 is 1.65 bits per heavy atom. The van der Waals surface area contributed by atoms with E-state index >= 15 is 0 Å². The lowest BCUT2D eigenvalue weighted by molar-refractivity contribution is -0.116. The number of carbonyl (C=O) groups excluding carboxylic acids is 1. The van der Waals surface area contributed by atoms with Gasteiger partial charge in [0.2, 0.25) is 15.9 Å². The number of nitrogens with one attached hydrogen (secondary N) is 1. The van der Waals surface area contributed by atoms with Gasteiger partial charge < -0.3 is 5.32 Å². The van der Waals surface area contributed by atoms with Gasteiger partial charge in [0.15, 0.2) is 0 Å². The minimum Gasteiger partial charge on any atom is -0.325 e. The second-order valence-electron chi connectivity index (χ2n) is 7.18. The summed E-state index contributed by atoms with van der Waals surface area (Å²) in [7, 11) is -3.93. The number of rotatable bonds is 7. The predicted molar refractivity (Wildman–Crippen MR) is 125 cm³/mol. The number of sulfonamides is 1. The summed E-state index contributed by atoms with van der Waals surface area (Å²) in [5, 5.41) is 3.76. The zero-order chi connectivity index (χ0) is 22.6. The molecule has 0 aliphatic carbocycles. The monoisotopic (exact) mass is 476 g/mol. The van der Waals surface area contributed by atoms with Crippen LogP contribution in [-0.4, -0.2) is 25.2 Å². The lowest BCUT2D eigenvalue weighted by Crippen LogP contribution is -2.37. The van der Waals surface area contributed by atoms with Gasteiger partial charge in [-0.15, -0.1) is 0 Å². The highest BCUT2D eigenvalue weighted by molar-refractivity contribution is 7.89. The molecule has 0 unspecified atom stereocenters. The highest BCUT2D eigenvalue weighted by Gasteiger charge is 2.27. The molecule has 3 rings (SSSR count). The third kappa shape index (κ3) is 5.86. The van der Waals surface area contributed by atoms with Crippen LogP contribution in [0.15, 0.2) is 71.6 Å². The molecule has 0 heterocycles. The fourth-order valence-corrected chi connectivity index (χ4v) is 4.79. The molecule has 0 saturated carbocycles. The van der Waals surface area contributed by atoms with Crippen molar-refractivity contribution in [1.29, 1.82) is 0 Å². The average Bonchev–Trinajstić information content (AvgIpc) is 2.71. The Balaban J connectivity index is 1.90. The molecule has 0 fully saturated rings. The minimum atomic E-state index is -3.93. The van der Waals surface area contributed by atoms with Gasteiger partial charge in [0.05, 0.1) is 11.4 Å². The molecule has 3 aromatic carbocycles. The zero-order valence-electron chi connectivity index (χ0n) is 17.1. The number of hydrogen-bond donors (Lipinski definition) is 1. The quantitative estimate of drug-likeness (QED) is 0.493. The number of amides is 1. The molecule has 3 aromatic rings. The molecule has 0 spiro atoms. The molecule has 0 bridgehead atoms.